The van der Waals surface area contributed by atoms with Crippen LogP contribution in [-0.4, -0.2) is 33.6 Å². The van der Waals surface area contributed by atoms with Crippen molar-refractivity contribution in [3.63, 3.8) is 0 Å². The molecule has 1 heterocycles. The molecule has 182 valence electrons. The molecular weight excluding hydrogens is 428 g/mol. The zero-order valence-electron chi connectivity index (χ0n) is 21.0. The summed E-state index contributed by atoms with van der Waals surface area (Å²) in [4.78, 5) is 0. The van der Waals surface area contributed by atoms with Crippen LogP contribution in [0.2, 0.25) is 0 Å². The highest BCUT2D eigenvalue weighted by molar-refractivity contribution is 8.00. The van der Waals surface area contributed by atoms with Gasteiger partial charge in [-0.05, 0) is 56.4 Å². The first-order valence-electron chi connectivity index (χ1n) is 12.0. The number of aliphatic hydroxyl groups is 2. The van der Waals surface area contributed by atoms with Crippen molar-refractivity contribution in [3.8, 4) is 0 Å². The molecule has 0 aromatic heterocycles. The molecule has 0 amide bonds. The summed E-state index contributed by atoms with van der Waals surface area (Å²) in [6, 6.07) is 0. The van der Waals surface area contributed by atoms with Crippen molar-refractivity contribution in [2.24, 2.45) is 0 Å². The fourth-order valence-corrected chi connectivity index (χ4v) is 5.02. The standard InChI is InChI=1S/C27H36O3S.C2H6/c1-5-8-9-13-22(11-6-2)21(7-3)16-23-15-20(4)12-10-14-26(23)30-27-18-24(29)17-25(19-28)31-27;1-2/h5-9,11-15,24-25,27-29H,2,10,16-19H2,1,3-4H3;1-2H3/b8-5-,13-9-,21-7-,22-11-;. The van der Waals surface area contributed by atoms with Gasteiger partial charge in [-0.2, -0.15) is 0 Å². The van der Waals surface area contributed by atoms with E-state index in [0.29, 0.717) is 12.8 Å². The summed E-state index contributed by atoms with van der Waals surface area (Å²) in [7, 11) is 0. The Bertz CT molecular complexity index is 824. The largest absolute Gasteiger partial charge is 0.480 e. The predicted octanol–water partition coefficient (Wildman–Crippen LogP) is 7.35. The van der Waals surface area contributed by atoms with Crippen LogP contribution >= 0.6 is 11.8 Å². The van der Waals surface area contributed by atoms with Gasteiger partial charge in [0.1, 0.15) is 11.2 Å². The molecule has 4 heteroatoms. The molecule has 1 fully saturated rings. The number of allylic oxidation sites excluding steroid dienone is 14. The maximum atomic E-state index is 10.2. The summed E-state index contributed by atoms with van der Waals surface area (Å²) >= 11 is 1.62. The van der Waals surface area contributed by atoms with Crippen LogP contribution < -0.4 is 0 Å². The van der Waals surface area contributed by atoms with E-state index >= 15 is 0 Å². The lowest BCUT2D eigenvalue weighted by molar-refractivity contribution is 0.0811. The Morgan fingerprint density at radius 1 is 1.21 bits per heavy atom. The molecule has 0 aromatic rings. The summed E-state index contributed by atoms with van der Waals surface area (Å²) in [6.07, 6.45) is 22.9. The monoisotopic (exact) mass is 470 g/mol. The number of ether oxygens (including phenoxy) is 1. The summed E-state index contributed by atoms with van der Waals surface area (Å²) < 4.78 is 6.41. The molecule has 1 saturated heterocycles. The van der Waals surface area contributed by atoms with E-state index in [-0.39, 0.29) is 17.3 Å². The third-order valence-corrected chi connectivity index (χ3v) is 6.56. The van der Waals surface area contributed by atoms with Crippen LogP contribution in [0.15, 0.2) is 95.4 Å². The maximum absolute atomic E-state index is 10.2. The van der Waals surface area contributed by atoms with E-state index in [0.717, 1.165) is 29.7 Å². The first-order chi connectivity index (χ1) is 16.0. The maximum Gasteiger partial charge on any atom is 0.147 e. The summed E-state index contributed by atoms with van der Waals surface area (Å²) in [5, 5.41) is 19.8. The van der Waals surface area contributed by atoms with Crippen molar-refractivity contribution in [1.29, 1.82) is 0 Å². The summed E-state index contributed by atoms with van der Waals surface area (Å²) in [5.41, 5.74) is 4.48. The highest BCUT2D eigenvalue weighted by atomic mass is 32.2. The molecule has 0 radical (unpaired) electrons. The molecule has 0 aromatic carbocycles. The molecule has 1 aliphatic heterocycles. The number of aliphatic hydroxyl groups excluding tert-OH is 2. The fourth-order valence-electron chi connectivity index (χ4n) is 3.68. The SMILES string of the molecule is C=C/C=C(/C=C\C=C/C)C(=C/C)\CC1=CC(C)=CCC=C1OC1CC(O)CC(CO)S1.CC. The molecule has 1 aliphatic carbocycles. The van der Waals surface area contributed by atoms with E-state index in [4.69, 9.17) is 4.74 Å². The third-order valence-electron chi connectivity index (χ3n) is 5.24. The Morgan fingerprint density at radius 2 is 1.97 bits per heavy atom. The summed E-state index contributed by atoms with van der Waals surface area (Å²) in [6.45, 7) is 14.1. The van der Waals surface area contributed by atoms with Crippen LogP contribution in [0.4, 0.5) is 0 Å². The average Bonchev–Trinajstić information content (AvgIpc) is 2.98. The lowest BCUT2D eigenvalue weighted by atomic mass is 9.95. The molecule has 33 heavy (non-hydrogen) atoms. The van der Waals surface area contributed by atoms with Crippen molar-refractivity contribution < 1.29 is 14.9 Å². The highest BCUT2D eigenvalue weighted by Crippen LogP contribution is 2.37. The summed E-state index contributed by atoms with van der Waals surface area (Å²) in [5.74, 6) is 0.867. The lowest BCUT2D eigenvalue weighted by Crippen LogP contribution is -2.31. The predicted molar refractivity (Wildman–Crippen MR) is 145 cm³/mol. The molecule has 0 spiro atoms. The quantitative estimate of drug-likeness (QED) is 0.346. The zero-order chi connectivity index (χ0) is 24.6. The molecule has 3 atom stereocenters. The molecule has 3 unspecified atom stereocenters. The van der Waals surface area contributed by atoms with Crippen LogP contribution in [-0.2, 0) is 4.74 Å². The average molecular weight is 471 g/mol. The van der Waals surface area contributed by atoms with Gasteiger partial charge in [-0.15, -0.1) is 11.8 Å². The van der Waals surface area contributed by atoms with Gasteiger partial charge in [0.2, 0.25) is 0 Å². The van der Waals surface area contributed by atoms with Gasteiger partial charge < -0.3 is 14.9 Å². The topological polar surface area (TPSA) is 49.7 Å². The van der Waals surface area contributed by atoms with Crippen LogP contribution in [0.3, 0.4) is 0 Å². The second kappa shape index (κ2) is 16.6. The van der Waals surface area contributed by atoms with Crippen molar-refractivity contribution in [2.45, 2.75) is 77.1 Å². The second-order valence-electron chi connectivity index (χ2n) is 7.77. The van der Waals surface area contributed by atoms with Crippen LogP contribution in [0.25, 0.3) is 0 Å². The van der Waals surface area contributed by atoms with Gasteiger partial charge in [0.05, 0.1) is 12.7 Å². The second-order valence-corrected chi connectivity index (χ2v) is 9.23. The van der Waals surface area contributed by atoms with Crippen LogP contribution in [0.5, 0.6) is 0 Å². The van der Waals surface area contributed by atoms with Crippen LogP contribution in [0.1, 0.15) is 60.3 Å². The third kappa shape index (κ3) is 10.2. The Balaban J connectivity index is 0.00000265. The van der Waals surface area contributed by atoms with E-state index in [9.17, 15) is 10.2 Å². The zero-order valence-corrected chi connectivity index (χ0v) is 21.8. The fraction of sp³-hybridized carbons (Fsp3) is 0.448. The number of thioether (sulfide) groups is 1. The molecular formula is C29H42O3S. The Morgan fingerprint density at radius 3 is 2.61 bits per heavy atom. The van der Waals surface area contributed by atoms with E-state index in [1.165, 1.54) is 11.1 Å². The first-order valence-corrected chi connectivity index (χ1v) is 12.9. The van der Waals surface area contributed by atoms with Gasteiger partial charge in [0.25, 0.3) is 0 Å². The van der Waals surface area contributed by atoms with Gasteiger partial charge in [0.15, 0.2) is 0 Å². The Labute approximate surface area is 205 Å². The number of rotatable bonds is 9. The Hall–Kier alpha value is -2.01. The molecule has 0 bridgehead atoms. The van der Waals surface area contributed by atoms with E-state index in [2.05, 4.69) is 50.8 Å². The first kappa shape index (κ1) is 29.0. The van der Waals surface area contributed by atoms with Crippen molar-refractivity contribution in [1.82, 2.24) is 0 Å². The normalized spacial score (nSPS) is 24.5. The lowest BCUT2D eigenvalue weighted by Gasteiger charge is -2.32. The minimum absolute atomic E-state index is 0.0115. The van der Waals surface area contributed by atoms with Gasteiger partial charge >= 0.3 is 0 Å². The van der Waals surface area contributed by atoms with Gasteiger partial charge in [-0.1, -0.05) is 80.7 Å². The van der Waals surface area contributed by atoms with Crippen molar-refractivity contribution >= 4 is 11.8 Å². The van der Waals surface area contributed by atoms with Gasteiger partial charge in [-0.25, -0.2) is 0 Å². The van der Waals surface area contributed by atoms with Gasteiger partial charge in [-0.3, -0.25) is 0 Å². The minimum Gasteiger partial charge on any atom is -0.480 e. The highest BCUT2D eigenvalue weighted by Gasteiger charge is 2.30. The van der Waals surface area contributed by atoms with Crippen LogP contribution in [0, 0.1) is 0 Å². The molecule has 0 saturated carbocycles. The molecule has 2 aliphatic rings. The molecule has 3 nitrogen and oxygen atoms in total. The van der Waals surface area contributed by atoms with Gasteiger partial charge in [0, 0.05) is 18.1 Å². The molecule has 2 rings (SSSR count). The minimum atomic E-state index is -0.438. The Kier molecular flexibility index (Phi) is 14.6. The molecule has 2 N–H and O–H groups in total. The smallest absolute Gasteiger partial charge is 0.147 e. The van der Waals surface area contributed by atoms with E-state index in [1.807, 2.05) is 51.2 Å². The number of hydrogen-bond donors (Lipinski definition) is 2. The van der Waals surface area contributed by atoms with Crippen molar-refractivity contribution in [2.75, 3.05) is 6.61 Å². The van der Waals surface area contributed by atoms with E-state index < -0.39 is 6.10 Å². The van der Waals surface area contributed by atoms with Crippen molar-refractivity contribution in [3.05, 3.63) is 95.4 Å². The number of hydrogen-bond acceptors (Lipinski definition) is 4. The van der Waals surface area contributed by atoms with E-state index in [1.54, 1.807) is 11.8 Å².